The van der Waals surface area contributed by atoms with Crippen LogP contribution < -0.4 is 4.90 Å². The summed E-state index contributed by atoms with van der Waals surface area (Å²) in [6, 6.07) is 3.45. The molecular formula is C12H14BrClN2O2. The molecule has 0 radical (unpaired) electrons. The summed E-state index contributed by atoms with van der Waals surface area (Å²) in [5.41, 5.74) is 0.722. The zero-order valence-corrected chi connectivity index (χ0v) is 12.4. The maximum Gasteiger partial charge on any atom is 0.295 e. The van der Waals surface area contributed by atoms with Crippen molar-refractivity contribution in [2.24, 2.45) is 0 Å². The second-order valence-corrected chi connectivity index (χ2v) is 5.84. The number of hydrogen-bond acceptors (Lipinski definition) is 3. The molecule has 0 aliphatic carbocycles. The molecule has 98 valence electrons. The summed E-state index contributed by atoms with van der Waals surface area (Å²) in [6.07, 6.45) is 3.31. The van der Waals surface area contributed by atoms with E-state index >= 15 is 0 Å². The van der Waals surface area contributed by atoms with E-state index in [1.165, 1.54) is 12.5 Å². The zero-order chi connectivity index (χ0) is 13.3. The Kier molecular flexibility index (Phi) is 4.12. The first-order chi connectivity index (χ1) is 8.50. The molecule has 0 N–H and O–H groups in total. The fraction of sp³-hybridized carbons (Fsp3) is 0.500. The SMILES string of the molecule is C[C@@H]1CCCCN1c1c(Br)cc(Cl)cc1[N+](=O)[O-]. The predicted molar refractivity (Wildman–Crippen MR) is 76.5 cm³/mol. The highest BCUT2D eigenvalue weighted by Crippen LogP contribution is 2.40. The molecule has 4 nitrogen and oxygen atoms in total. The van der Waals surface area contributed by atoms with Gasteiger partial charge in [-0.05, 0) is 48.2 Å². The molecule has 1 aliphatic rings. The maximum atomic E-state index is 11.2. The van der Waals surface area contributed by atoms with E-state index in [0.717, 1.165) is 19.4 Å². The third-order valence-electron chi connectivity index (χ3n) is 3.29. The van der Waals surface area contributed by atoms with Crippen LogP contribution in [0.3, 0.4) is 0 Å². The summed E-state index contributed by atoms with van der Waals surface area (Å²) < 4.78 is 0.690. The van der Waals surface area contributed by atoms with Gasteiger partial charge in [0.05, 0.1) is 4.92 Å². The largest absolute Gasteiger partial charge is 0.362 e. The second-order valence-electron chi connectivity index (χ2n) is 4.55. The summed E-state index contributed by atoms with van der Waals surface area (Å²) in [5, 5.41) is 11.6. The quantitative estimate of drug-likeness (QED) is 0.595. The number of benzene rings is 1. The third kappa shape index (κ3) is 2.62. The summed E-state index contributed by atoms with van der Waals surface area (Å²) >= 11 is 9.29. The second kappa shape index (κ2) is 5.45. The average molecular weight is 334 g/mol. The van der Waals surface area contributed by atoms with Crippen molar-refractivity contribution >= 4 is 38.9 Å². The highest BCUT2D eigenvalue weighted by Gasteiger charge is 2.28. The van der Waals surface area contributed by atoms with Crippen LogP contribution in [0, 0.1) is 10.1 Å². The van der Waals surface area contributed by atoms with E-state index in [0.29, 0.717) is 21.2 Å². The van der Waals surface area contributed by atoms with E-state index < -0.39 is 0 Å². The van der Waals surface area contributed by atoms with Gasteiger partial charge in [-0.2, -0.15) is 0 Å². The predicted octanol–water partition coefficient (Wildman–Crippen LogP) is 4.39. The molecule has 0 aromatic heterocycles. The molecule has 1 aliphatic heterocycles. The smallest absolute Gasteiger partial charge is 0.295 e. The molecule has 2 rings (SSSR count). The first kappa shape index (κ1) is 13.6. The van der Waals surface area contributed by atoms with Crippen LogP contribution in [0.2, 0.25) is 5.02 Å². The van der Waals surface area contributed by atoms with Gasteiger partial charge in [0.25, 0.3) is 5.69 Å². The van der Waals surface area contributed by atoms with E-state index in [1.807, 2.05) is 0 Å². The first-order valence-electron chi connectivity index (χ1n) is 5.91. The molecule has 1 aromatic rings. The Bertz CT molecular complexity index is 481. The van der Waals surface area contributed by atoms with Crippen molar-refractivity contribution in [1.29, 1.82) is 0 Å². The van der Waals surface area contributed by atoms with Crippen molar-refractivity contribution in [3.05, 3.63) is 31.7 Å². The van der Waals surface area contributed by atoms with Gasteiger partial charge in [0, 0.05) is 28.1 Å². The van der Waals surface area contributed by atoms with Crippen molar-refractivity contribution in [3.8, 4) is 0 Å². The summed E-state index contributed by atoms with van der Waals surface area (Å²) in [7, 11) is 0. The summed E-state index contributed by atoms with van der Waals surface area (Å²) in [6.45, 7) is 2.95. The van der Waals surface area contributed by atoms with Crippen molar-refractivity contribution in [1.82, 2.24) is 0 Å². The first-order valence-corrected chi connectivity index (χ1v) is 7.08. The van der Waals surface area contributed by atoms with Gasteiger partial charge in [-0.25, -0.2) is 0 Å². The van der Waals surface area contributed by atoms with Crippen LogP contribution in [-0.2, 0) is 0 Å². The molecule has 0 amide bonds. The fourth-order valence-electron chi connectivity index (χ4n) is 2.41. The Hall–Kier alpha value is -0.810. The van der Waals surface area contributed by atoms with Crippen molar-refractivity contribution in [2.75, 3.05) is 11.4 Å². The number of nitro benzene ring substituents is 1. The lowest BCUT2D eigenvalue weighted by Gasteiger charge is -2.35. The van der Waals surface area contributed by atoms with E-state index in [-0.39, 0.29) is 10.6 Å². The van der Waals surface area contributed by atoms with Gasteiger partial charge in [0.1, 0.15) is 5.69 Å². The van der Waals surface area contributed by atoms with Crippen LogP contribution in [0.5, 0.6) is 0 Å². The van der Waals surface area contributed by atoms with Gasteiger partial charge in [0.2, 0.25) is 0 Å². The maximum absolute atomic E-state index is 11.2. The van der Waals surface area contributed by atoms with Gasteiger partial charge in [-0.1, -0.05) is 11.6 Å². The molecule has 0 spiro atoms. The number of nitro groups is 1. The van der Waals surface area contributed by atoms with Crippen LogP contribution in [-0.4, -0.2) is 17.5 Å². The molecule has 18 heavy (non-hydrogen) atoms. The van der Waals surface area contributed by atoms with Crippen molar-refractivity contribution in [2.45, 2.75) is 32.2 Å². The lowest BCUT2D eigenvalue weighted by atomic mass is 10.0. The van der Waals surface area contributed by atoms with Crippen LogP contribution in [0.25, 0.3) is 0 Å². The summed E-state index contributed by atoms with van der Waals surface area (Å²) in [5.74, 6) is 0. The lowest BCUT2D eigenvalue weighted by molar-refractivity contribution is -0.384. The normalized spacial score (nSPS) is 19.9. The van der Waals surface area contributed by atoms with E-state index in [2.05, 4.69) is 27.8 Å². The molecule has 1 fully saturated rings. The van der Waals surface area contributed by atoms with Crippen LogP contribution in [0.1, 0.15) is 26.2 Å². The Balaban J connectivity index is 2.51. The van der Waals surface area contributed by atoms with Gasteiger partial charge in [-0.3, -0.25) is 10.1 Å². The molecule has 1 aromatic carbocycles. The molecule has 1 heterocycles. The zero-order valence-electron chi connectivity index (χ0n) is 10.0. The summed E-state index contributed by atoms with van der Waals surface area (Å²) in [4.78, 5) is 12.9. The van der Waals surface area contributed by atoms with E-state index in [4.69, 9.17) is 11.6 Å². The molecule has 1 atom stereocenters. The highest BCUT2D eigenvalue weighted by molar-refractivity contribution is 9.10. The van der Waals surface area contributed by atoms with Gasteiger partial charge in [-0.15, -0.1) is 0 Å². The van der Waals surface area contributed by atoms with Crippen molar-refractivity contribution < 1.29 is 4.92 Å². The van der Waals surface area contributed by atoms with Crippen molar-refractivity contribution in [3.63, 3.8) is 0 Å². The number of hydrogen-bond donors (Lipinski definition) is 0. The number of nitrogens with zero attached hydrogens (tertiary/aromatic N) is 2. The van der Waals surface area contributed by atoms with Crippen LogP contribution in [0.4, 0.5) is 11.4 Å². The molecule has 1 saturated heterocycles. The number of anilines is 1. The third-order valence-corrected chi connectivity index (χ3v) is 4.12. The Labute approximate surface area is 119 Å². The van der Waals surface area contributed by atoms with E-state index in [1.54, 1.807) is 6.07 Å². The minimum absolute atomic E-state index is 0.0723. The standard InChI is InChI=1S/C12H14BrClN2O2/c1-8-4-2-3-5-15(8)12-10(13)6-9(14)7-11(12)16(17)18/h6-8H,2-5H2,1H3/t8-/m1/s1. The minimum atomic E-state index is -0.368. The number of piperidine rings is 1. The number of halogens is 2. The average Bonchev–Trinajstić information content (AvgIpc) is 2.29. The monoisotopic (exact) mass is 332 g/mol. The molecule has 6 heteroatoms. The van der Waals surface area contributed by atoms with Gasteiger partial charge >= 0.3 is 0 Å². The van der Waals surface area contributed by atoms with Gasteiger partial charge < -0.3 is 4.90 Å². The Morgan fingerprint density at radius 1 is 1.50 bits per heavy atom. The van der Waals surface area contributed by atoms with Crippen LogP contribution in [0.15, 0.2) is 16.6 Å². The molecule has 0 bridgehead atoms. The Morgan fingerprint density at radius 2 is 2.22 bits per heavy atom. The van der Waals surface area contributed by atoms with Gasteiger partial charge in [0.15, 0.2) is 0 Å². The molecule has 0 saturated carbocycles. The van der Waals surface area contributed by atoms with E-state index in [9.17, 15) is 10.1 Å². The lowest BCUT2D eigenvalue weighted by Crippen LogP contribution is -2.38. The highest BCUT2D eigenvalue weighted by atomic mass is 79.9. The van der Waals surface area contributed by atoms with Crippen LogP contribution >= 0.6 is 27.5 Å². The topological polar surface area (TPSA) is 46.4 Å². The fourth-order valence-corrected chi connectivity index (χ4v) is 3.43. The molecular weight excluding hydrogens is 320 g/mol. The minimum Gasteiger partial charge on any atom is -0.362 e. The number of rotatable bonds is 2. The molecule has 0 unspecified atom stereocenters. The Morgan fingerprint density at radius 3 is 2.83 bits per heavy atom.